The minimum atomic E-state index is -0.404. The van der Waals surface area contributed by atoms with Crippen LogP contribution in [0.3, 0.4) is 0 Å². The topological polar surface area (TPSA) is 57.5 Å². The first-order valence-corrected chi connectivity index (χ1v) is 13.2. The molecule has 0 saturated heterocycles. The van der Waals surface area contributed by atoms with E-state index in [1.165, 1.54) is 16.7 Å². The second-order valence-electron chi connectivity index (χ2n) is 13.1. The summed E-state index contributed by atoms with van der Waals surface area (Å²) in [5.74, 6) is 1.22. The predicted octanol–water partition coefficient (Wildman–Crippen LogP) is 6.41. The van der Waals surface area contributed by atoms with Crippen molar-refractivity contribution in [3.8, 4) is 0 Å². The van der Waals surface area contributed by atoms with E-state index in [0.29, 0.717) is 24.0 Å². The lowest BCUT2D eigenvalue weighted by Crippen LogP contribution is -2.54. The summed E-state index contributed by atoms with van der Waals surface area (Å²) in [5, 5.41) is 22.0. The van der Waals surface area contributed by atoms with Crippen LogP contribution in [0.25, 0.3) is 0 Å². The predicted molar refractivity (Wildman–Crippen MR) is 135 cm³/mol. The third-order valence-corrected chi connectivity index (χ3v) is 11.0. The maximum Gasteiger partial charge on any atom is 0.138 e. The van der Waals surface area contributed by atoms with Crippen LogP contribution in [0.1, 0.15) is 93.4 Å². The highest BCUT2D eigenvalue weighted by atomic mass is 16.3. The van der Waals surface area contributed by atoms with Crippen molar-refractivity contribution in [3.63, 3.8) is 0 Å². The average Bonchev–Trinajstić information content (AvgIpc) is 2.95. The van der Waals surface area contributed by atoms with Gasteiger partial charge in [0.1, 0.15) is 5.78 Å². The Kier molecular flexibility index (Phi) is 6.19. The van der Waals surface area contributed by atoms with Crippen molar-refractivity contribution in [2.24, 2.45) is 39.4 Å². The third kappa shape index (κ3) is 3.39. The van der Waals surface area contributed by atoms with Gasteiger partial charge in [-0.15, -0.1) is 0 Å². The zero-order chi connectivity index (χ0) is 24.4. The van der Waals surface area contributed by atoms with Gasteiger partial charge in [-0.2, -0.15) is 0 Å². The van der Waals surface area contributed by atoms with E-state index < -0.39 is 6.10 Å². The zero-order valence-corrected chi connectivity index (χ0v) is 22.0. The zero-order valence-electron chi connectivity index (χ0n) is 22.0. The molecule has 0 radical (unpaired) electrons. The molecule has 184 valence electrons. The quantitative estimate of drug-likeness (QED) is 0.472. The average molecular weight is 455 g/mol. The largest absolute Gasteiger partial charge is 0.396 e. The van der Waals surface area contributed by atoms with E-state index in [0.717, 1.165) is 38.5 Å². The Balaban J connectivity index is 1.73. The molecule has 0 aromatic heterocycles. The number of Topliss-reactive ketones (excluding diaryl/α,β-unsaturated/α-hetero) is 1. The first-order chi connectivity index (χ1) is 15.3. The Bertz CT molecular complexity index is 904. The number of ketones is 1. The molecule has 7 atom stereocenters. The van der Waals surface area contributed by atoms with Crippen LogP contribution in [0.15, 0.2) is 34.9 Å². The third-order valence-electron chi connectivity index (χ3n) is 11.0. The summed E-state index contributed by atoms with van der Waals surface area (Å²) in [6.45, 7) is 15.8. The first-order valence-electron chi connectivity index (χ1n) is 13.2. The smallest absolute Gasteiger partial charge is 0.138 e. The molecule has 0 aromatic carbocycles. The van der Waals surface area contributed by atoms with Gasteiger partial charge in [-0.1, -0.05) is 58.4 Å². The summed E-state index contributed by atoms with van der Waals surface area (Å²) in [5.41, 5.74) is 3.36. The number of aliphatic hydroxyl groups is 2. The first kappa shape index (κ1) is 24.9. The maximum atomic E-state index is 12.8. The highest BCUT2D eigenvalue weighted by Gasteiger charge is 2.66. The molecule has 0 aromatic rings. The Hall–Kier alpha value is -1.19. The fraction of sp³-hybridized carbons (Fsp3) is 0.767. The molecule has 2 saturated carbocycles. The Labute approximate surface area is 201 Å². The monoisotopic (exact) mass is 454 g/mol. The molecule has 0 unspecified atom stereocenters. The van der Waals surface area contributed by atoms with Crippen molar-refractivity contribution < 1.29 is 15.0 Å². The fourth-order valence-electron chi connectivity index (χ4n) is 8.61. The summed E-state index contributed by atoms with van der Waals surface area (Å²) in [6.07, 6.45) is 12.9. The van der Waals surface area contributed by atoms with Crippen molar-refractivity contribution in [2.45, 2.75) is 99.5 Å². The molecule has 0 amide bonds. The second-order valence-corrected chi connectivity index (χ2v) is 13.1. The van der Waals surface area contributed by atoms with Crippen LogP contribution < -0.4 is 0 Å². The standard InChI is InChI=1S/C30H46O3/c1-19(2)9-8-10-20(18-31)23-17-26(33)30(7)22-11-12-24-27(3,4)25(32)14-15-28(24,5)21(22)13-16-29(23,30)6/h9,11,13,20,23-24,26,31,33H,8,10,12,14-18H2,1-7H3/t20-,23+,24-,26-,28+,29+,30+/m0/s1. The molecular formula is C30H46O3. The minimum absolute atomic E-state index is 0.0104. The molecule has 0 heterocycles. The van der Waals surface area contributed by atoms with E-state index in [1.807, 2.05) is 0 Å². The normalized spacial score (nSPS) is 42.5. The number of fused-ring (bicyclic) bond motifs is 5. The molecule has 4 aliphatic rings. The summed E-state index contributed by atoms with van der Waals surface area (Å²) in [4.78, 5) is 12.8. The van der Waals surface area contributed by atoms with Gasteiger partial charge >= 0.3 is 0 Å². The lowest BCUT2D eigenvalue weighted by atomic mass is 9.44. The van der Waals surface area contributed by atoms with Crippen molar-refractivity contribution >= 4 is 5.78 Å². The van der Waals surface area contributed by atoms with E-state index in [4.69, 9.17) is 0 Å². The molecule has 3 heteroatoms. The van der Waals surface area contributed by atoms with Crippen molar-refractivity contribution in [2.75, 3.05) is 6.61 Å². The van der Waals surface area contributed by atoms with Crippen molar-refractivity contribution in [1.82, 2.24) is 0 Å². The molecule has 4 aliphatic carbocycles. The van der Waals surface area contributed by atoms with E-state index in [9.17, 15) is 15.0 Å². The highest BCUT2D eigenvalue weighted by molar-refractivity contribution is 5.86. The van der Waals surface area contributed by atoms with Gasteiger partial charge in [-0.05, 0) is 92.1 Å². The molecule has 33 heavy (non-hydrogen) atoms. The van der Waals surface area contributed by atoms with Crippen LogP contribution in [0.4, 0.5) is 0 Å². The van der Waals surface area contributed by atoms with Gasteiger partial charge in [0, 0.05) is 23.9 Å². The minimum Gasteiger partial charge on any atom is -0.396 e. The van der Waals surface area contributed by atoms with Gasteiger partial charge in [-0.25, -0.2) is 0 Å². The van der Waals surface area contributed by atoms with E-state index >= 15 is 0 Å². The summed E-state index contributed by atoms with van der Waals surface area (Å²) < 4.78 is 0. The second kappa shape index (κ2) is 8.19. The number of hydrogen-bond donors (Lipinski definition) is 2. The van der Waals surface area contributed by atoms with Crippen LogP contribution >= 0.6 is 0 Å². The van der Waals surface area contributed by atoms with Gasteiger partial charge in [0.05, 0.1) is 6.10 Å². The lowest BCUT2D eigenvalue weighted by Gasteiger charge is -2.60. The molecule has 0 spiro atoms. The van der Waals surface area contributed by atoms with Gasteiger partial charge < -0.3 is 10.2 Å². The molecule has 4 rings (SSSR count). The van der Waals surface area contributed by atoms with Gasteiger partial charge in [-0.3, -0.25) is 4.79 Å². The number of carbonyl (C=O) groups is 1. The highest BCUT2D eigenvalue weighted by Crippen LogP contribution is 2.71. The molecule has 2 N–H and O–H groups in total. The number of allylic oxidation sites excluding steroid dienone is 5. The Morgan fingerprint density at radius 1 is 1.15 bits per heavy atom. The molecular weight excluding hydrogens is 408 g/mol. The van der Waals surface area contributed by atoms with Crippen molar-refractivity contribution in [1.29, 1.82) is 0 Å². The SMILES string of the molecule is CC(C)=CCC[C@@H](CO)[C@H]1C[C@H](O)[C@@]2(C)C3=CC[C@H]4C(C)(C)C(=O)CC[C@]4(C)C3=CC[C@]12C. The van der Waals surface area contributed by atoms with Crippen LogP contribution in [0.2, 0.25) is 0 Å². The van der Waals surface area contributed by atoms with E-state index in [1.54, 1.807) is 0 Å². The van der Waals surface area contributed by atoms with Gasteiger partial charge in [0.25, 0.3) is 0 Å². The number of rotatable bonds is 5. The summed E-state index contributed by atoms with van der Waals surface area (Å²) in [6, 6.07) is 0. The molecule has 0 bridgehead atoms. The van der Waals surface area contributed by atoms with Crippen LogP contribution in [0.5, 0.6) is 0 Å². The molecule has 0 aliphatic heterocycles. The Morgan fingerprint density at radius 3 is 2.48 bits per heavy atom. The molecule has 3 nitrogen and oxygen atoms in total. The number of hydrogen-bond acceptors (Lipinski definition) is 3. The fourth-order valence-corrected chi connectivity index (χ4v) is 8.61. The number of carbonyl (C=O) groups excluding carboxylic acids is 1. The summed E-state index contributed by atoms with van der Waals surface area (Å²) in [7, 11) is 0. The lowest BCUT2D eigenvalue weighted by molar-refractivity contribution is -0.138. The van der Waals surface area contributed by atoms with Crippen molar-refractivity contribution in [3.05, 3.63) is 34.9 Å². The Morgan fingerprint density at radius 2 is 1.85 bits per heavy atom. The van der Waals surface area contributed by atoms with Gasteiger partial charge in [0.2, 0.25) is 0 Å². The summed E-state index contributed by atoms with van der Waals surface area (Å²) >= 11 is 0. The van der Waals surface area contributed by atoms with Crippen LogP contribution in [-0.2, 0) is 4.79 Å². The van der Waals surface area contributed by atoms with E-state index in [2.05, 4.69) is 66.7 Å². The molecule has 2 fully saturated rings. The van der Waals surface area contributed by atoms with Gasteiger partial charge in [0.15, 0.2) is 0 Å². The van der Waals surface area contributed by atoms with Crippen LogP contribution in [-0.4, -0.2) is 28.7 Å². The van der Waals surface area contributed by atoms with Crippen LogP contribution in [0, 0.1) is 39.4 Å². The number of aliphatic hydroxyl groups excluding tert-OH is 2. The maximum absolute atomic E-state index is 12.8. The van der Waals surface area contributed by atoms with E-state index in [-0.39, 0.29) is 34.2 Å².